The van der Waals surface area contributed by atoms with Crippen molar-refractivity contribution in [3.05, 3.63) is 51.1 Å². The van der Waals surface area contributed by atoms with E-state index in [0.717, 1.165) is 0 Å². The summed E-state index contributed by atoms with van der Waals surface area (Å²) in [6.45, 7) is 3.16. The summed E-state index contributed by atoms with van der Waals surface area (Å²) in [4.78, 5) is 20.9. The van der Waals surface area contributed by atoms with Gasteiger partial charge in [0, 0.05) is 17.2 Å². The molecular weight excluding hydrogens is 270 g/mol. The van der Waals surface area contributed by atoms with Gasteiger partial charge in [-0.05, 0) is 0 Å². The molecule has 0 saturated heterocycles. The Morgan fingerprint density at radius 3 is 2.56 bits per heavy atom. The fraction of sp³-hybridized carbons (Fsp3) is 0.100. The molecule has 0 aromatic heterocycles. The van der Waals surface area contributed by atoms with Crippen LogP contribution in [0.3, 0.4) is 0 Å². The number of benzene rings is 1. The number of amides is 1. The first-order valence-corrected chi connectivity index (χ1v) is 4.95. The van der Waals surface area contributed by atoms with Crippen molar-refractivity contribution < 1.29 is 18.5 Å². The Labute approximate surface area is 105 Å². The number of nitrogens with zero attached hydrogens (tertiary/aromatic N) is 1. The SMILES string of the molecule is C=C(Cl)CNC(=O)c1cc([N+](=O)[O-])c(F)cc1F. The van der Waals surface area contributed by atoms with Crippen LogP contribution in [0.25, 0.3) is 0 Å². The van der Waals surface area contributed by atoms with Crippen LogP contribution < -0.4 is 5.32 Å². The molecule has 1 amide bonds. The Kier molecular flexibility index (Phi) is 4.33. The summed E-state index contributed by atoms with van der Waals surface area (Å²) in [5.74, 6) is -3.50. The van der Waals surface area contributed by atoms with Crippen LogP contribution in [0.4, 0.5) is 14.5 Å². The smallest absolute Gasteiger partial charge is 0.305 e. The van der Waals surface area contributed by atoms with Gasteiger partial charge >= 0.3 is 5.69 Å². The van der Waals surface area contributed by atoms with E-state index in [0.29, 0.717) is 6.07 Å². The quantitative estimate of drug-likeness (QED) is 0.678. The van der Waals surface area contributed by atoms with Crippen LogP contribution in [0.2, 0.25) is 0 Å². The summed E-state index contributed by atoms with van der Waals surface area (Å²) in [6, 6.07) is 0.805. The van der Waals surface area contributed by atoms with Gasteiger partial charge < -0.3 is 5.32 Å². The van der Waals surface area contributed by atoms with E-state index in [1.807, 2.05) is 0 Å². The van der Waals surface area contributed by atoms with Crippen molar-refractivity contribution in [3.8, 4) is 0 Å². The number of halogens is 3. The van der Waals surface area contributed by atoms with Crippen molar-refractivity contribution in [2.24, 2.45) is 0 Å². The van der Waals surface area contributed by atoms with Crippen molar-refractivity contribution >= 4 is 23.2 Å². The van der Waals surface area contributed by atoms with E-state index in [1.54, 1.807) is 0 Å². The molecule has 0 aliphatic carbocycles. The molecule has 0 aliphatic rings. The van der Waals surface area contributed by atoms with Crippen molar-refractivity contribution in [2.45, 2.75) is 0 Å². The number of nitrogens with one attached hydrogen (secondary N) is 1. The lowest BCUT2D eigenvalue weighted by molar-refractivity contribution is -0.387. The van der Waals surface area contributed by atoms with Gasteiger partial charge in [-0.1, -0.05) is 18.2 Å². The highest BCUT2D eigenvalue weighted by molar-refractivity contribution is 6.29. The Balaban J connectivity index is 3.08. The highest BCUT2D eigenvalue weighted by Crippen LogP contribution is 2.21. The highest BCUT2D eigenvalue weighted by Gasteiger charge is 2.22. The van der Waals surface area contributed by atoms with E-state index < -0.39 is 33.7 Å². The van der Waals surface area contributed by atoms with E-state index >= 15 is 0 Å². The number of carbonyl (C=O) groups excluding carboxylic acids is 1. The van der Waals surface area contributed by atoms with Gasteiger partial charge in [-0.2, -0.15) is 4.39 Å². The summed E-state index contributed by atoms with van der Waals surface area (Å²) in [5, 5.41) is 12.7. The largest absolute Gasteiger partial charge is 0.347 e. The third kappa shape index (κ3) is 3.24. The first-order valence-electron chi connectivity index (χ1n) is 4.58. The van der Waals surface area contributed by atoms with Crippen LogP contribution in [0.15, 0.2) is 23.7 Å². The average molecular weight is 277 g/mol. The van der Waals surface area contributed by atoms with Crippen molar-refractivity contribution in [2.75, 3.05) is 6.54 Å². The number of nitro benzene ring substituents is 1. The fourth-order valence-electron chi connectivity index (χ4n) is 1.12. The molecule has 0 unspecified atom stereocenters. The maximum atomic E-state index is 13.3. The molecule has 0 fully saturated rings. The summed E-state index contributed by atoms with van der Waals surface area (Å²) in [6.07, 6.45) is 0. The second kappa shape index (κ2) is 5.54. The van der Waals surface area contributed by atoms with Crippen LogP contribution in [-0.2, 0) is 0 Å². The second-order valence-electron chi connectivity index (χ2n) is 3.24. The number of carbonyl (C=O) groups is 1. The Morgan fingerprint density at radius 2 is 2.06 bits per heavy atom. The van der Waals surface area contributed by atoms with Gasteiger partial charge in [0.2, 0.25) is 5.82 Å². The standard InChI is InChI=1S/C10H7ClF2N2O3/c1-5(11)4-14-10(16)6-2-9(15(17)18)8(13)3-7(6)12/h2-3H,1,4H2,(H,14,16). The normalized spacial score (nSPS) is 9.94. The average Bonchev–Trinajstić information content (AvgIpc) is 2.25. The molecular formula is C10H7ClF2N2O3. The van der Waals surface area contributed by atoms with Gasteiger partial charge in [0.25, 0.3) is 5.91 Å². The molecule has 18 heavy (non-hydrogen) atoms. The summed E-state index contributed by atoms with van der Waals surface area (Å²) in [5.41, 5.74) is -1.62. The topological polar surface area (TPSA) is 72.2 Å². The molecule has 8 heteroatoms. The molecule has 0 heterocycles. The third-order valence-corrected chi connectivity index (χ3v) is 2.05. The highest BCUT2D eigenvalue weighted by atomic mass is 35.5. The Bertz CT molecular complexity index is 534. The van der Waals surface area contributed by atoms with Gasteiger partial charge in [-0.25, -0.2) is 4.39 Å². The second-order valence-corrected chi connectivity index (χ2v) is 3.78. The summed E-state index contributed by atoms with van der Waals surface area (Å²) >= 11 is 5.38. The van der Waals surface area contributed by atoms with Crippen molar-refractivity contribution in [3.63, 3.8) is 0 Å². The minimum atomic E-state index is -1.35. The zero-order chi connectivity index (χ0) is 13.9. The summed E-state index contributed by atoms with van der Waals surface area (Å²) < 4.78 is 26.3. The number of hydrogen-bond donors (Lipinski definition) is 1. The van der Waals surface area contributed by atoms with Crippen LogP contribution >= 0.6 is 11.6 Å². The summed E-state index contributed by atoms with van der Waals surface area (Å²) in [7, 11) is 0. The molecule has 96 valence electrons. The minimum absolute atomic E-state index is 0.0976. The number of rotatable bonds is 4. The zero-order valence-electron chi connectivity index (χ0n) is 8.87. The molecule has 5 nitrogen and oxygen atoms in total. The molecule has 1 N–H and O–H groups in total. The first kappa shape index (κ1) is 14.0. The van der Waals surface area contributed by atoms with Gasteiger partial charge in [0.15, 0.2) is 0 Å². The van der Waals surface area contributed by atoms with Crippen LogP contribution in [-0.4, -0.2) is 17.4 Å². The van der Waals surface area contributed by atoms with Gasteiger partial charge in [-0.3, -0.25) is 14.9 Å². The maximum Gasteiger partial charge on any atom is 0.305 e. The van der Waals surface area contributed by atoms with E-state index in [2.05, 4.69) is 11.9 Å². The molecule has 1 aromatic rings. The molecule has 1 rings (SSSR count). The lowest BCUT2D eigenvalue weighted by Gasteiger charge is -2.05. The van der Waals surface area contributed by atoms with E-state index in [4.69, 9.17) is 11.6 Å². The van der Waals surface area contributed by atoms with Crippen LogP contribution in [0, 0.1) is 21.7 Å². The monoisotopic (exact) mass is 276 g/mol. The molecule has 0 atom stereocenters. The number of hydrogen-bond acceptors (Lipinski definition) is 3. The molecule has 0 saturated carbocycles. The van der Waals surface area contributed by atoms with Crippen LogP contribution in [0.5, 0.6) is 0 Å². The molecule has 1 aromatic carbocycles. The van der Waals surface area contributed by atoms with E-state index in [1.165, 1.54) is 0 Å². The van der Waals surface area contributed by atoms with E-state index in [9.17, 15) is 23.7 Å². The first-order chi connectivity index (χ1) is 8.32. The fourth-order valence-corrected chi connectivity index (χ4v) is 1.19. The number of nitro groups is 1. The molecule has 0 radical (unpaired) electrons. The predicted octanol–water partition coefficient (Wildman–Crippen LogP) is 2.36. The molecule has 0 spiro atoms. The zero-order valence-corrected chi connectivity index (χ0v) is 9.63. The predicted molar refractivity (Wildman–Crippen MR) is 60.3 cm³/mol. The Morgan fingerprint density at radius 1 is 1.44 bits per heavy atom. The lowest BCUT2D eigenvalue weighted by Crippen LogP contribution is -2.25. The van der Waals surface area contributed by atoms with Crippen LogP contribution in [0.1, 0.15) is 10.4 Å². The molecule has 0 aliphatic heterocycles. The van der Waals surface area contributed by atoms with Gasteiger partial charge in [0.05, 0.1) is 17.0 Å². The minimum Gasteiger partial charge on any atom is -0.347 e. The van der Waals surface area contributed by atoms with E-state index in [-0.39, 0.29) is 17.6 Å². The lowest BCUT2D eigenvalue weighted by atomic mass is 10.1. The van der Waals surface area contributed by atoms with Gasteiger partial charge in [0.1, 0.15) is 5.82 Å². The molecule has 0 bridgehead atoms. The Hall–Kier alpha value is -2.02. The maximum absolute atomic E-state index is 13.3. The van der Waals surface area contributed by atoms with Gasteiger partial charge in [-0.15, -0.1) is 0 Å². The van der Waals surface area contributed by atoms with Crippen molar-refractivity contribution in [1.29, 1.82) is 0 Å². The third-order valence-electron chi connectivity index (χ3n) is 1.92. The van der Waals surface area contributed by atoms with Crippen molar-refractivity contribution in [1.82, 2.24) is 5.32 Å².